The van der Waals surface area contributed by atoms with Gasteiger partial charge in [-0.15, -0.1) is 0 Å². The Morgan fingerprint density at radius 1 is 1.30 bits per heavy atom. The minimum Gasteiger partial charge on any atom is -0.388 e. The summed E-state index contributed by atoms with van der Waals surface area (Å²) in [5, 5.41) is 14.9. The number of hydrogen-bond donors (Lipinski definition) is 3. The Bertz CT molecular complexity index is 501. The van der Waals surface area contributed by atoms with Crippen LogP contribution in [0.4, 0.5) is 5.69 Å². The molecule has 110 valence electrons. The second-order valence-corrected chi connectivity index (χ2v) is 5.98. The first-order valence-corrected chi connectivity index (χ1v) is 7.09. The number of halogens is 1. The highest BCUT2D eigenvalue weighted by Gasteiger charge is 2.26. The van der Waals surface area contributed by atoms with Crippen LogP contribution >= 0.6 is 15.9 Å². The topological polar surface area (TPSA) is 78.4 Å². The SMILES string of the molecule is CC(C)C(C)(O)CNC(=O)C(=O)Nc1ccccc1Br. The molecule has 1 aromatic carbocycles. The van der Waals surface area contributed by atoms with Gasteiger partial charge in [0.15, 0.2) is 0 Å². The highest BCUT2D eigenvalue weighted by molar-refractivity contribution is 9.10. The number of amides is 2. The fraction of sp³-hybridized carbons (Fsp3) is 0.429. The molecular formula is C14H19BrN2O3. The zero-order chi connectivity index (χ0) is 15.3. The lowest BCUT2D eigenvalue weighted by Crippen LogP contribution is -2.47. The number of aliphatic hydroxyl groups is 1. The van der Waals surface area contributed by atoms with Crippen molar-refractivity contribution >= 4 is 33.4 Å². The van der Waals surface area contributed by atoms with Gasteiger partial charge in [0.1, 0.15) is 0 Å². The number of anilines is 1. The molecule has 0 saturated carbocycles. The summed E-state index contributed by atoms with van der Waals surface area (Å²) in [6.07, 6.45) is 0. The summed E-state index contributed by atoms with van der Waals surface area (Å²) in [6.45, 7) is 5.32. The van der Waals surface area contributed by atoms with Gasteiger partial charge in [-0.2, -0.15) is 0 Å². The van der Waals surface area contributed by atoms with Crippen molar-refractivity contribution in [1.82, 2.24) is 5.32 Å². The van der Waals surface area contributed by atoms with Gasteiger partial charge in [0.05, 0.1) is 11.3 Å². The molecule has 1 atom stereocenters. The van der Waals surface area contributed by atoms with Gasteiger partial charge < -0.3 is 15.7 Å². The van der Waals surface area contributed by atoms with Crippen molar-refractivity contribution in [3.8, 4) is 0 Å². The lowest BCUT2D eigenvalue weighted by Gasteiger charge is -2.27. The number of benzene rings is 1. The summed E-state index contributed by atoms with van der Waals surface area (Å²) >= 11 is 3.28. The van der Waals surface area contributed by atoms with Crippen LogP contribution < -0.4 is 10.6 Å². The van der Waals surface area contributed by atoms with Crippen LogP contribution in [0.2, 0.25) is 0 Å². The van der Waals surface area contributed by atoms with Crippen LogP contribution in [0, 0.1) is 5.92 Å². The first kappa shape index (κ1) is 16.7. The van der Waals surface area contributed by atoms with E-state index in [0.29, 0.717) is 10.2 Å². The van der Waals surface area contributed by atoms with Crippen molar-refractivity contribution < 1.29 is 14.7 Å². The molecule has 0 heterocycles. The molecule has 1 rings (SSSR count). The van der Waals surface area contributed by atoms with Crippen LogP contribution in [-0.4, -0.2) is 29.1 Å². The van der Waals surface area contributed by atoms with Crippen molar-refractivity contribution in [3.05, 3.63) is 28.7 Å². The first-order chi connectivity index (χ1) is 9.24. The Hall–Kier alpha value is -1.40. The normalized spacial score (nSPS) is 13.7. The van der Waals surface area contributed by atoms with Gasteiger partial charge in [-0.25, -0.2) is 0 Å². The van der Waals surface area contributed by atoms with Crippen molar-refractivity contribution in [1.29, 1.82) is 0 Å². The first-order valence-electron chi connectivity index (χ1n) is 6.30. The lowest BCUT2D eigenvalue weighted by atomic mass is 9.92. The van der Waals surface area contributed by atoms with E-state index in [0.717, 1.165) is 0 Å². The second kappa shape index (κ2) is 6.85. The zero-order valence-electron chi connectivity index (χ0n) is 11.7. The van der Waals surface area contributed by atoms with Gasteiger partial charge in [-0.05, 0) is 40.9 Å². The van der Waals surface area contributed by atoms with E-state index >= 15 is 0 Å². The molecule has 0 aliphatic carbocycles. The lowest BCUT2D eigenvalue weighted by molar-refractivity contribution is -0.137. The molecule has 1 unspecified atom stereocenters. The summed E-state index contributed by atoms with van der Waals surface area (Å²) in [5.41, 5.74) is -0.535. The van der Waals surface area contributed by atoms with Gasteiger partial charge in [0, 0.05) is 11.0 Å². The van der Waals surface area contributed by atoms with E-state index in [-0.39, 0.29) is 12.5 Å². The van der Waals surface area contributed by atoms with Crippen molar-refractivity contribution in [2.75, 3.05) is 11.9 Å². The van der Waals surface area contributed by atoms with E-state index in [4.69, 9.17) is 0 Å². The summed E-state index contributed by atoms with van der Waals surface area (Å²) in [6, 6.07) is 7.00. The van der Waals surface area contributed by atoms with E-state index < -0.39 is 17.4 Å². The molecule has 0 bridgehead atoms. The van der Waals surface area contributed by atoms with Gasteiger partial charge in [-0.1, -0.05) is 26.0 Å². The summed E-state index contributed by atoms with van der Waals surface area (Å²) < 4.78 is 0.690. The molecule has 0 saturated heterocycles. The third-order valence-electron chi connectivity index (χ3n) is 3.18. The third kappa shape index (κ3) is 4.61. The van der Waals surface area contributed by atoms with Crippen molar-refractivity contribution in [3.63, 3.8) is 0 Å². The van der Waals surface area contributed by atoms with Gasteiger partial charge in [0.2, 0.25) is 0 Å². The smallest absolute Gasteiger partial charge is 0.313 e. The summed E-state index contributed by atoms with van der Waals surface area (Å²) in [4.78, 5) is 23.4. The Kier molecular flexibility index (Phi) is 5.71. The highest BCUT2D eigenvalue weighted by atomic mass is 79.9. The van der Waals surface area contributed by atoms with Crippen LogP contribution in [0.3, 0.4) is 0 Å². The van der Waals surface area contributed by atoms with Crippen LogP contribution in [-0.2, 0) is 9.59 Å². The van der Waals surface area contributed by atoms with Crippen molar-refractivity contribution in [2.45, 2.75) is 26.4 Å². The average molecular weight is 343 g/mol. The molecule has 20 heavy (non-hydrogen) atoms. The minimum atomic E-state index is -1.05. The van der Waals surface area contributed by atoms with Crippen molar-refractivity contribution in [2.24, 2.45) is 5.92 Å². The number of para-hydroxylation sites is 1. The number of carbonyl (C=O) groups excluding carboxylic acids is 2. The minimum absolute atomic E-state index is 0.0207. The van der Waals surface area contributed by atoms with Crippen LogP contribution in [0.15, 0.2) is 28.7 Å². The largest absolute Gasteiger partial charge is 0.388 e. The molecule has 1 aromatic rings. The quantitative estimate of drug-likeness (QED) is 0.731. The molecule has 5 nitrogen and oxygen atoms in total. The Morgan fingerprint density at radius 3 is 2.45 bits per heavy atom. The van der Waals surface area contributed by atoms with Crippen LogP contribution in [0.25, 0.3) is 0 Å². The molecule has 0 aliphatic rings. The average Bonchev–Trinajstić information content (AvgIpc) is 2.38. The third-order valence-corrected chi connectivity index (χ3v) is 3.87. The maximum absolute atomic E-state index is 11.7. The fourth-order valence-electron chi connectivity index (χ4n) is 1.29. The maximum Gasteiger partial charge on any atom is 0.313 e. The zero-order valence-corrected chi connectivity index (χ0v) is 13.3. The van der Waals surface area contributed by atoms with E-state index in [9.17, 15) is 14.7 Å². The fourth-order valence-corrected chi connectivity index (χ4v) is 1.67. The highest BCUT2D eigenvalue weighted by Crippen LogP contribution is 2.21. The Morgan fingerprint density at radius 2 is 1.90 bits per heavy atom. The second-order valence-electron chi connectivity index (χ2n) is 5.13. The molecule has 0 fully saturated rings. The van der Waals surface area contributed by atoms with E-state index in [1.54, 1.807) is 31.2 Å². The molecule has 0 aliphatic heterocycles. The molecule has 0 radical (unpaired) electrons. The summed E-state index contributed by atoms with van der Waals surface area (Å²) in [7, 11) is 0. The monoisotopic (exact) mass is 342 g/mol. The van der Waals surface area contributed by atoms with Gasteiger partial charge in [-0.3, -0.25) is 9.59 Å². The number of carbonyl (C=O) groups is 2. The Labute approximate surface area is 126 Å². The molecule has 6 heteroatoms. The Balaban J connectivity index is 2.57. The molecule has 0 aromatic heterocycles. The number of nitrogens with one attached hydrogen (secondary N) is 2. The molecule has 3 N–H and O–H groups in total. The standard InChI is InChI=1S/C14H19BrN2O3/c1-9(2)14(3,20)8-16-12(18)13(19)17-11-7-5-4-6-10(11)15/h4-7,9,20H,8H2,1-3H3,(H,16,18)(H,17,19). The van der Waals surface area contributed by atoms with Gasteiger partial charge >= 0.3 is 11.8 Å². The predicted octanol–water partition coefficient (Wildman–Crippen LogP) is 1.91. The van der Waals surface area contributed by atoms with Crippen LogP contribution in [0.5, 0.6) is 0 Å². The van der Waals surface area contributed by atoms with E-state index in [2.05, 4.69) is 26.6 Å². The molecule has 0 spiro atoms. The number of rotatable bonds is 4. The summed E-state index contributed by atoms with van der Waals surface area (Å²) in [5.74, 6) is -1.58. The molecular weight excluding hydrogens is 324 g/mol. The predicted molar refractivity (Wildman–Crippen MR) is 81.2 cm³/mol. The maximum atomic E-state index is 11.7. The van der Waals surface area contributed by atoms with E-state index in [1.165, 1.54) is 0 Å². The van der Waals surface area contributed by atoms with E-state index in [1.807, 2.05) is 13.8 Å². The number of hydrogen-bond acceptors (Lipinski definition) is 3. The van der Waals surface area contributed by atoms with Gasteiger partial charge in [0.25, 0.3) is 0 Å². The molecule has 2 amide bonds. The van der Waals surface area contributed by atoms with Crippen LogP contribution in [0.1, 0.15) is 20.8 Å².